The first kappa shape index (κ1) is 14.0. The summed E-state index contributed by atoms with van der Waals surface area (Å²) in [5.41, 5.74) is 0.411. The first-order chi connectivity index (χ1) is 8.57. The SMILES string of the molecule is CCC1(CC)CC(C#N)(Sc2cccc(Br)c2)C1. The van der Waals surface area contributed by atoms with Crippen LogP contribution in [0.1, 0.15) is 39.5 Å². The smallest absolute Gasteiger partial charge is 0.108 e. The second-order valence-electron chi connectivity index (χ2n) is 5.23. The van der Waals surface area contributed by atoms with E-state index in [9.17, 15) is 5.26 Å². The van der Waals surface area contributed by atoms with Gasteiger partial charge in [0.25, 0.3) is 0 Å². The molecule has 0 aromatic heterocycles. The van der Waals surface area contributed by atoms with Gasteiger partial charge in [0.2, 0.25) is 0 Å². The molecule has 1 aliphatic carbocycles. The summed E-state index contributed by atoms with van der Waals surface area (Å²) in [7, 11) is 0. The molecule has 0 unspecified atom stereocenters. The number of benzene rings is 1. The quantitative estimate of drug-likeness (QED) is 0.740. The van der Waals surface area contributed by atoms with E-state index >= 15 is 0 Å². The van der Waals surface area contributed by atoms with Gasteiger partial charge in [0.05, 0.1) is 6.07 Å². The third-order valence-electron chi connectivity index (χ3n) is 4.13. The van der Waals surface area contributed by atoms with Crippen LogP contribution in [0.3, 0.4) is 0 Å². The normalized spacial score (nSPS) is 19.9. The summed E-state index contributed by atoms with van der Waals surface area (Å²) in [6.07, 6.45) is 4.43. The average molecular weight is 324 g/mol. The van der Waals surface area contributed by atoms with E-state index < -0.39 is 0 Å². The van der Waals surface area contributed by atoms with E-state index in [0.717, 1.165) is 17.3 Å². The monoisotopic (exact) mass is 323 g/mol. The number of rotatable bonds is 4. The molecule has 1 aliphatic rings. The van der Waals surface area contributed by atoms with Crippen molar-refractivity contribution < 1.29 is 0 Å². The van der Waals surface area contributed by atoms with Crippen LogP contribution in [-0.4, -0.2) is 4.75 Å². The molecular weight excluding hydrogens is 306 g/mol. The summed E-state index contributed by atoms with van der Waals surface area (Å²) < 4.78 is 0.879. The zero-order valence-corrected chi connectivity index (χ0v) is 13.3. The maximum Gasteiger partial charge on any atom is 0.108 e. The highest BCUT2D eigenvalue weighted by atomic mass is 79.9. The summed E-state index contributed by atoms with van der Waals surface area (Å²) >= 11 is 5.22. The van der Waals surface area contributed by atoms with Gasteiger partial charge in [-0.3, -0.25) is 0 Å². The van der Waals surface area contributed by atoms with Gasteiger partial charge in [-0.1, -0.05) is 48.7 Å². The minimum Gasteiger partial charge on any atom is -0.197 e. The van der Waals surface area contributed by atoms with Crippen LogP contribution < -0.4 is 0 Å². The van der Waals surface area contributed by atoms with Crippen LogP contribution in [0.2, 0.25) is 0 Å². The van der Waals surface area contributed by atoms with E-state index in [2.05, 4.69) is 48.0 Å². The molecule has 1 nitrogen and oxygen atoms in total. The predicted octanol–water partition coefficient (Wildman–Crippen LogP) is 5.40. The van der Waals surface area contributed by atoms with Crippen molar-refractivity contribution in [3.8, 4) is 6.07 Å². The molecule has 0 spiro atoms. The van der Waals surface area contributed by atoms with E-state index in [0.29, 0.717) is 5.41 Å². The zero-order chi connectivity index (χ0) is 13.2. The topological polar surface area (TPSA) is 23.8 Å². The van der Waals surface area contributed by atoms with Crippen LogP contribution in [0.4, 0.5) is 0 Å². The second-order valence-corrected chi connectivity index (χ2v) is 7.60. The minimum absolute atomic E-state index is 0.202. The molecule has 1 aromatic rings. The van der Waals surface area contributed by atoms with Gasteiger partial charge in [-0.15, -0.1) is 11.8 Å². The average Bonchev–Trinajstić information content (AvgIpc) is 2.33. The molecular formula is C15H18BrNS. The van der Waals surface area contributed by atoms with Gasteiger partial charge in [-0.25, -0.2) is 0 Å². The molecule has 96 valence electrons. The van der Waals surface area contributed by atoms with Crippen molar-refractivity contribution in [1.82, 2.24) is 0 Å². The fourth-order valence-electron chi connectivity index (χ4n) is 2.84. The molecule has 1 fully saturated rings. The number of thioether (sulfide) groups is 1. The fourth-order valence-corrected chi connectivity index (χ4v) is 4.98. The van der Waals surface area contributed by atoms with Gasteiger partial charge >= 0.3 is 0 Å². The predicted molar refractivity (Wildman–Crippen MR) is 80.6 cm³/mol. The molecule has 2 rings (SSSR count). The molecule has 18 heavy (non-hydrogen) atoms. The summed E-state index contributed by atoms with van der Waals surface area (Å²) in [6.45, 7) is 4.49. The van der Waals surface area contributed by atoms with E-state index in [1.807, 2.05) is 12.1 Å². The van der Waals surface area contributed by atoms with Crippen LogP contribution in [0, 0.1) is 16.7 Å². The van der Waals surface area contributed by atoms with E-state index in [-0.39, 0.29) is 4.75 Å². The van der Waals surface area contributed by atoms with Crippen LogP contribution in [0.15, 0.2) is 33.6 Å². The largest absolute Gasteiger partial charge is 0.197 e. The van der Waals surface area contributed by atoms with Crippen molar-refractivity contribution >= 4 is 27.7 Å². The minimum atomic E-state index is -0.202. The summed E-state index contributed by atoms with van der Waals surface area (Å²) in [5, 5.41) is 9.51. The first-order valence-electron chi connectivity index (χ1n) is 6.43. The van der Waals surface area contributed by atoms with Crippen molar-refractivity contribution in [2.24, 2.45) is 5.41 Å². The lowest BCUT2D eigenvalue weighted by Crippen LogP contribution is -2.48. The molecule has 0 heterocycles. The molecule has 0 amide bonds. The molecule has 0 radical (unpaired) electrons. The van der Waals surface area contributed by atoms with Crippen LogP contribution in [-0.2, 0) is 0 Å². The third kappa shape index (κ3) is 2.60. The molecule has 0 atom stereocenters. The van der Waals surface area contributed by atoms with E-state index in [4.69, 9.17) is 0 Å². The Morgan fingerprint density at radius 1 is 1.33 bits per heavy atom. The zero-order valence-electron chi connectivity index (χ0n) is 10.9. The Kier molecular flexibility index (Phi) is 4.08. The van der Waals surface area contributed by atoms with Gasteiger partial charge in [0.1, 0.15) is 4.75 Å². The lowest BCUT2D eigenvalue weighted by molar-refractivity contribution is 0.0984. The van der Waals surface area contributed by atoms with Crippen LogP contribution in [0.5, 0.6) is 0 Å². The molecule has 1 aromatic carbocycles. The third-order valence-corrected chi connectivity index (χ3v) is 5.89. The maximum absolute atomic E-state index is 9.51. The summed E-state index contributed by atoms with van der Waals surface area (Å²) in [5.74, 6) is 0. The second kappa shape index (κ2) is 5.27. The molecule has 0 bridgehead atoms. The number of hydrogen-bond acceptors (Lipinski definition) is 2. The Morgan fingerprint density at radius 2 is 2.00 bits per heavy atom. The van der Waals surface area contributed by atoms with Gasteiger partial charge in [-0.2, -0.15) is 5.26 Å². The van der Waals surface area contributed by atoms with Crippen molar-refractivity contribution in [2.45, 2.75) is 49.2 Å². The van der Waals surface area contributed by atoms with Gasteiger partial charge < -0.3 is 0 Å². The van der Waals surface area contributed by atoms with Crippen molar-refractivity contribution in [2.75, 3.05) is 0 Å². The van der Waals surface area contributed by atoms with Crippen LogP contribution in [0.25, 0.3) is 0 Å². The Labute approximate surface area is 122 Å². The summed E-state index contributed by atoms with van der Waals surface area (Å²) in [6, 6.07) is 10.8. The number of halogens is 1. The Hall–Kier alpha value is -0.460. The molecule has 1 saturated carbocycles. The molecule has 3 heteroatoms. The van der Waals surface area contributed by atoms with Crippen molar-refractivity contribution in [3.63, 3.8) is 0 Å². The van der Waals surface area contributed by atoms with Gasteiger partial charge in [-0.05, 0) is 36.5 Å². The highest BCUT2D eigenvalue weighted by molar-refractivity contribution is 9.10. The van der Waals surface area contributed by atoms with E-state index in [1.165, 1.54) is 17.7 Å². The number of hydrogen-bond donors (Lipinski definition) is 0. The number of nitriles is 1. The highest BCUT2D eigenvalue weighted by Gasteiger charge is 2.53. The van der Waals surface area contributed by atoms with Crippen molar-refractivity contribution in [1.29, 1.82) is 5.26 Å². The first-order valence-corrected chi connectivity index (χ1v) is 8.04. The standard InChI is InChI=1S/C15H18BrNS/c1-3-14(4-2)9-15(10-14,11-17)18-13-7-5-6-12(16)8-13/h5-8H,3-4,9-10H2,1-2H3. The highest BCUT2D eigenvalue weighted by Crippen LogP contribution is 2.60. The fraction of sp³-hybridized carbons (Fsp3) is 0.533. The Balaban J connectivity index is 2.11. The Bertz CT molecular complexity index is 466. The molecule has 0 saturated heterocycles. The number of nitrogens with zero attached hydrogens (tertiary/aromatic N) is 1. The lowest BCUT2D eigenvalue weighted by atomic mass is 9.59. The molecule has 0 aliphatic heterocycles. The molecule has 0 N–H and O–H groups in total. The lowest BCUT2D eigenvalue weighted by Gasteiger charge is -2.52. The van der Waals surface area contributed by atoms with Crippen LogP contribution >= 0.6 is 27.7 Å². The van der Waals surface area contributed by atoms with Gasteiger partial charge in [0.15, 0.2) is 0 Å². The van der Waals surface area contributed by atoms with E-state index in [1.54, 1.807) is 11.8 Å². The van der Waals surface area contributed by atoms with Gasteiger partial charge in [0, 0.05) is 9.37 Å². The summed E-state index contributed by atoms with van der Waals surface area (Å²) in [4.78, 5) is 1.19. The van der Waals surface area contributed by atoms with Crippen molar-refractivity contribution in [3.05, 3.63) is 28.7 Å². The Morgan fingerprint density at radius 3 is 2.50 bits per heavy atom. The maximum atomic E-state index is 9.51.